The number of benzene rings is 1. The first-order valence-electron chi connectivity index (χ1n) is 3.84. The number of halogens is 5. The van der Waals surface area contributed by atoms with Crippen molar-refractivity contribution < 1.29 is 31.9 Å². The average Bonchev–Trinajstić information content (AvgIpc) is 2.21. The van der Waals surface area contributed by atoms with Crippen molar-refractivity contribution in [3.8, 4) is 6.07 Å². The molecule has 0 heterocycles. The van der Waals surface area contributed by atoms with Crippen LogP contribution in [0.5, 0.6) is 0 Å². The molecule has 0 aliphatic heterocycles. The van der Waals surface area contributed by atoms with Crippen LogP contribution in [0.4, 0.5) is 22.0 Å². The molecule has 1 N–H and O–H groups in total. The number of carboxylic acid groups (broad SMARTS) is 1. The molecule has 0 unspecified atom stereocenters. The minimum absolute atomic E-state index is 0.264. The van der Waals surface area contributed by atoms with Crippen molar-refractivity contribution >= 4 is 5.97 Å². The first-order chi connectivity index (χ1) is 7.70. The molecular weight excluding hydrogens is 249 g/mol. The molecule has 0 amide bonds. The van der Waals surface area contributed by atoms with Crippen molar-refractivity contribution in [1.29, 1.82) is 5.26 Å². The zero-order valence-electron chi connectivity index (χ0n) is 7.92. The second-order valence-electron chi connectivity index (χ2n) is 2.52. The van der Waals surface area contributed by atoms with Gasteiger partial charge in [-0.1, -0.05) is 6.07 Å². The Kier molecular flexibility index (Phi) is 5.05. The van der Waals surface area contributed by atoms with Crippen molar-refractivity contribution in [3.63, 3.8) is 0 Å². The van der Waals surface area contributed by atoms with Crippen LogP contribution in [0, 0.1) is 23.0 Å². The molecule has 1 rings (SSSR count). The predicted octanol–water partition coefficient (Wildman–Crippen LogP) is 2.47. The Morgan fingerprint density at radius 3 is 2.06 bits per heavy atom. The monoisotopic (exact) mass is 253 g/mol. The van der Waals surface area contributed by atoms with E-state index in [0.717, 1.165) is 6.07 Å². The number of rotatable bonds is 0. The van der Waals surface area contributed by atoms with Crippen LogP contribution in [0.3, 0.4) is 0 Å². The number of aliphatic carboxylic acids is 1. The summed E-state index contributed by atoms with van der Waals surface area (Å²) in [5.41, 5.74) is -0.264. The Balaban J connectivity index is 0.000000325. The van der Waals surface area contributed by atoms with Crippen LogP contribution in [0.2, 0.25) is 0 Å². The summed E-state index contributed by atoms with van der Waals surface area (Å²) in [7, 11) is 0. The number of nitrogens with zero attached hydrogens (tertiary/aromatic N) is 1. The van der Waals surface area contributed by atoms with Crippen LogP contribution in [0.1, 0.15) is 5.56 Å². The maximum absolute atomic E-state index is 12.4. The molecule has 0 saturated carbocycles. The number of hydrogen-bond donors (Lipinski definition) is 1. The quantitative estimate of drug-likeness (QED) is 0.722. The van der Waals surface area contributed by atoms with Gasteiger partial charge in [-0.15, -0.1) is 0 Å². The molecule has 0 aliphatic rings. The van der Waals surface area contributed by atoms with Crippen molar-refractivity contribution in [2.75, 3.05) is 0 Å². The van der Waals surface area contributed by atoms with E-state index in [-0.39, 0.29) is 5.56 Å². The van der Waals surface area contributed by atoms with E-state index in [1.165, 1.54) is 18.2 Å². The van der Waals surface area contributed by atoms with Crippen LogP contribution in [-0.4, -0.2) is 17.3 Å². The highest BCUT2D eigenvalue weighted by molar-refractivity contribution is 5.73. The number of nitriles is 1. The molecule has 1 aromatic carbocycles. The molecule has 0 bridgehead atoms. The summed E-state index contributed by atoms with van der Waals surface area (Å²) in [6.45, 7) is 0. The minimum Gasteiger partial charge on any atom is -0.475 e. The first-order valence-corrected chi connectivity index (χ1v) is 3.84. The molecule has 0 saturated heterocycles. The third-order valence-corrected chi connectivity index (χ3v) is 1.31. The van der Waals surface area contributed by atoms with Crippen LogP contribution in [-0.2, 0) is 4.79 Å². The highest BCUT2D eigenvalue weighted by Crippen LogP contribution is 2.13. The molecule has 8 heteroatoms. The molecule has 0 atom stereocenters. The fourth-order valence-corrected chi connectivity index (χ4v) is 0.590. The van der Waals surface area contributed by atoms with Gasteiger partial charge in [-0.3, -0.25) is 0 Å². The Hall–Kier alpha value is -2.17. The van der Waals surface area contributed by atoms with E-state index >= 15 is 0 Å². The normalized spacial score (nSPS) is 9.88. The summed E-state index contributed by atoms with van der Waals surface area (Å²) in [5, 5.41) is 15.3. The molecule has 0 spiro atoms. The van der Waals surface area contributed by atoms with E-state index in [1.807, 2.05) is 0 Å². The lowest BCUT2D eigenvalue weighted by Crippen LogP contribution is -2.21. The van der Waals surface area contributed by atoms with Crippen molar-refractivity contribution in [3.05, 3.63) is 35.4 Å². The van der Waals surface area contributed by atoms with E-state index in [1.54, 1.807) is 0 Å². The number of carbonyl (C=O) groups is 1. The van der Waals surface area contributed by atoms with E-state index < -0.39 is 23.8 Å². The highest BCUT2D eigenvalue weighted by atomic mass is 19.4. The van der Waals surface area contributed by atoms with Gasteiger partial charge in [0.25, 0.3) is 0 Å². The Labute approximate surface area is 91.7 Å². The van der Waals surface area contributed by atoms with Gasteiger partial charge in [-0.25, -0.2) is 13.6 Å². The molecule has 1 aromatic rings. The van der Waals surface area contributed by atoms with Gasteiger partial charge in [0.2, 0.25) is 0 Å². The molecular formula is C9H4F5NO2. The molecule has 17 heavy (non-hydrogen) atoms. The summed E-state index contributed by atoms with van der Waals surface area (Å²) in [6, 6.07) is 5.00. The second-order valence-corrected chi connectivity index (χ2v) is 2.52. The average molecular weight is 253 g/mol. The largest absolute Gasteiger partial charge is 0.490 e. The van der Waals surface area contributed by atoms with Gasteiger partial charge in [-0.05, 0) is 12.1 Å². The zero-order chi connectivity index (χ0) is 13.6. The van der Waals surface area contributed by atoms with Crippen molar-refractivity contribution in [1.82, 2.24) is 0 Å². The summed E-state index contributed by atoms with van der Waals surface area (Å²) in [5.74, 6) is -4.82. The van der Waals surface area contributed by atoms with Crippen LogP contribution >= 0.6 is 0 Å². The zero-order valence-corrected chi connectivity index (χ0v) is 7.92. The first kappa shape index (κ1) is 14.8. The van der Waals surface area contributed by atoms with Crippen LogP contribution in [0.25, 0.3) is 0 Å². The van der Waals surface area contributed by atoms with E-state index in [9.17, 15) is 22.0 Å². The van der Waals surface area contributed by atoms with Crippen LogP contribution < -0.4 is 0 Å². The summed E-state index contributed by atoms with van der Waals surface area (Å²) >= 11 is 0. The number of carboxylic acids is 1. The number of hydrogen-bond acceptors (Lipinski definition) is 2. The summed E-state index contributed by atoms with van der Waals surface area (Å²) in [4.78, 5) is 8.90. The van der Waals surface area contributed by atoms with Gasteiger partial charge in [0.15, 0.2) is 11.6 Å². The Morgan fingerprint density at radius 1 is 1.29 bits per heavy atom. The highest BCUT2D eigenvalue weighted by Gasteiger charge is 2.38. The maximum atomic E-state index is 12.4. The van der Waals surface area contributed by atoms with Gasteiger partial charge >= 0.3 is 12.1 Å². The molecule has 3 nitrogen and oxygen atoms in total. The lowest BCUT2D eigenvalue weighted by Gasteiger charge is -1.93. The predicted molar refractivity (Wildman–Crippen MR) is 44.8 cm³/mol. The fraction of sp³-hybridized carbons (Fsp3) is 0.111. The fourth-order valence-electron chi connectivity index (χ4n) is 0.590. The minimum atomic E-state index is -5.08. The lowest BCUT2D eigenvalue weighted by molar-refractivity contribution is -0.192. The van der Waals surface area contributed by atoms with Crippen LogP contribution in [0.15, 0.2) is 18.2 Å². The van der Waals surface area contributed by atoms with E-state index in [0.29, 0.717) is 0 Å². The maximum Gasteiger partial charge on any atom is 0.490 e. The molecule has 0 radical (unpaired) electrons. The Morgan fingerprint density at radius 2 is 1.76 bits per heavy atom. The van der Waals surface area contributed by atoms with Gasteiger partial charge in [0.05, 0.1) is 5.56 Å². The molecule has 0 fully saturated rings. The standard InChI is InChI=1S/C7H3F2N.C2HF3O2/c8-6-3-1-2-5(4-10)7(6)9;3-2(4,5)1(6)7/h1-3H;(H,6,7). The summed E-state index contributed by atoms with van der Waals surface area (Å²) < 4.78 is 56.4. The smallest absolute Gasteiger partial charge is 0.475 e. The number of alkyl halides is 3. The third kappa shape index (κ3) is 4.92. The van der Waals surface area contributed by atoms with E-state index in [4.69, 9.17) is 15.2 Å². The molecule has 92 valence electrons. The van der Waals surface area contributed by atoms with Gasteiger partial charge < -0.3 is 5.11 Å². The van der Waals surface area contributed by atoms with Gasteiger partial charge in [0, 0.05) is 0 Å². The summed E-state index contributed by atoms with van der Waals surface area (Å²) in [6.07, 6.45) is -5.08. The van der Waals surface area contributed by atoms with Crippen molar-refractivity contribution in [2.24, 2.45) is 0 Å². The third-order valence-electron chi connectivity index (χ3n) is 1.31. The SMILES string of the molecule is N#Cc1cccc(F)c1F.O=C(O)C(F)(F)F. The van der Waals surface area contributed by atoms with E-state index in [2.05, 4.69) is 0 Å². The van der Waals surface area contributed by atoms with Crippen molar-refractivity contribution in [2.45, 2.75) is 6.18 Å². The van der Waals surface area contributed by atoms with Gasteiger partial charge in [0.1, 0.15) is 6.07 Å². The topological polar surface area (TPSA) is 61.1 Å². The molecule has 0 aliphatic carbocycles. The molecule has 0 aromatic heterocycles. The Bertz CT molecular complexity index is 450. The lowest BCUT2D eigenvalue weighted by atomic mass is 10.2. The second kappa shape index (κ2) is 5.79. The van der Waals surface area contributed by atoms with Gasteiger partial charge in [-0.2, -0.15) is 18.4 Å².